The van der Waals surface area contributed by atoms with Crippen molar-refractivity contribution >= 4 is 50.9 Å². The molecule has 1 atom stereocenters. The lowest BCUT2D eigenvalue weighted by atomic mass is 10.1. The summed E-state index contributed by atoms with van der Waals surface area (Å²) in [5, 5.41) is 3.63. The third kappa shape index (κ3) is 7.21. The Morgan fingerprint density at radius 2 is 1.86 bits per heavy atom. The van der Waals surface area contributed by atoms with Crippen LogP contribution in [0.25, 0.3) is 0 Å². The summed E-state index contributed by atoms with van der Waals surface area (Å²) in [7, 11) is 0. The van der Waals surface area contributed by atoms with E-state index in [0.29, 0.717) is 22.3 Å². The molecule has 0 heterocycles. The molecule has 0 aliphatic rings. The van der Waals surface area contributed by atoms with Gasteiger partial charge in [-0.3, -0.25) is 9.59 Å². The highest BCUT2D eigenvalue weighted by molar-refractivity contribution is 9.10. The van der Waals surface area contributed by atoms with Gasteiger partial charge >= 0.3 is 0 Å². The van der Waals surface area contributed by atoms with Crippen LogP contribution < -0.4 is 10.1 Å². The molecule has 1 N–H and O–H groups in total. The first kappa shape index (κ1) is 23.5. The highest BCUT2D eigenvalue weighted by Gasteiger charge is 2.26. The van der Waals surface area contributed by atoms with Crippen molar-refractivity contribution in [3.05, 3.63) is 62.5 Å². The van der Waals surface area contributed by atoms with Gasteiger partial charge in [0.15, 0.2) is 6.61 Å². The largest absolute Gasteiger partial charge is 0.482 e. The van der Waals surface area contributed by atoms with Gasteiger partial charge in [0.1, 0.15) is 11.8 Å². The Morgan fingerprint density at radius 3 is 2.48 bits per heavy atom. The van der Waals surface area contributed by atoms with E-state index in [0.717, 1.165) is 16.5 Å². The Kier molecular flexibility index (Phi) is 9.27. The number of rotatable bonds is 9. The zero-order valence-corrected chi connectivity index (χ0v) is 19.4. The molecule has 2 aromatic carbocycles. The van der Waals surface area contributed by atoms with Crippen LogP contribution in [-0.4, -0.2) is 35.9 Å². The molecule has 2 aromatic rings. The molecule has 2 amide bonds. The molecule has 0 radical (unpaired) electrons. The molecular weight excluding hydrogens is 479 g/mol. The average molecular weight is 502 g/mol. The van der Waals surface area contributed by atoms with Crippen molar-refractivity contribution in [2.75, 3.05) is 13.2 Å². The van der Waals surface area contributed by atoms with E-state index in [9.17, 15) is 9.59 Å². The van der Waals surface area contributed by atoms with Crippen molar-refractivity contribution in [2.24, 2.45) is 0 Å². The second-order valence-electron chi connectivity index (χ2n) is 6.48. The Bertz CT molecular complexity index is 846. The third-order valence-electron chi connectivity index (χ3n) is 4.23. The van der Waals surface area contributed by atoms with E-state index < -0.39 is 6.04 Å². The molecule has 0 spiro atoms. The number of hydrogen-bond acceptors (Lipinski definition) is 3. The molecular formula is C21H23BrCl2N2O3. The van der Waals surface area contributed by atoms with Gasteiger partial charge in [-0.2, -0.15) is 0 Å². The number of nitrogens with zero attached hydrogens (tertiary/aromatic N) is 1. The number of ether oxygens (including phenoxy) is 1. The lowest BCUT2D eigenvalue weighted by Gasteiger charge is -2.28. The van der Waals surface area contributed by atoms with Crippen molar-refractivity contribution < 1.29 is 14.3 Å². The van der Waals surface area contributed by atoms with Crippen LogP contribution in [0, 0.1) is 0 Å². The fourth-order valence-corrected chi connectivity index (χ4v) is 3.31. The minimum absolute atomic E-state index is 0.207. The number of benzene rings is 2. The number of carbonyl (C=O) groups is 2. The quantitative estimate of drug-likeness (QED) is 0.521. The molecule has 0 unspecified atom stereocenters. The number of amides is 2. The summed E-state index contributed by atoms with van der Waals surface area (Å²) < 4.78 is 6.52. The van der Waals surface area contributed by atoms with Gasteiger partial charge in [-0.1, -0.05) is 58.2 Å². The molecule has 5 nitrogen and oxygen atoms in total. The van der Waals surface area contributed by atoms with Crippen LogP contribution in [0.15, 0.2) is 46.9 Å². The summed E-state index contributed by atoms with van der Waals surface area (Å²) in [6, 6.07) is 11.7. The van der Waals surface area contributed by atoms with Gasteiger partial charge in [0.2, 0.25) is 5.91 Å². The first-order valence-electron chi connectivity index (χ1n) is 9.21. The van der Waals surface area contributed by atoms with E-state index >= 15 is 0 Å². The minimum Gasteiger partial charge on any atom is -0.482 e. The average Bonchev–Trinajstić information content (AvgIpc) is 2.70. The SMILES string of the molecule is CCCNC(=O)[C@H](C)N(Cc1ccc(Br)cc1)C(=O)COc1ccc(Cl)cc1Cl. The zero-order chi connectivity index (χ0) is 21.4. The van der Waals surface area contributed by atoms with Gasteiger partial charge in [0.05, 0.1) is 5.02 Å². The van der Waals surface area contributed by atoms with Crippen molar-refractivity contribution in [3.63, 3.8) is 0 Å². The van der Waals surface area contributed by atoms with E-state index in [1.807, 2.05) is 31.2 Å². The molecule has 0 fully saturated rings. The van der Waals surface area contributed by atoms with E-state index in [2.05, 4.69) is 21.2 Å². The fraction of sp³-hybridized carbons (Fsp3) is 0.333. The van der Waals surface area contributed by atoms with Crippen molar-refractivity contribution in [3.8, 4) is 5.75 Å². The lowest BCUT2D eigenvalue weighted by Crippen LogP contribution is -2.49. The molecule has 156 valence electrons. The van der Waals surface area contributed by atoms with Crippen molar-refractivity contribution in [1.29, 1.82) is 0 Å². The number of halogens is 3. The molecule has 8 heteroatoms. The normalized spacial score (nSPS) is 11.6. The summed E-state index contributed by atoms with van der Waals surface area (Å²) >= 11 is 15.4. The molecule has 0 saturated heterocycles. The summed E-state index contributed by atoms with van der Waals surface area (Å²) in [4.78, 5) is 26.9. The van der Waals surface area contributed by atoms with E-state index in [1.165, 1.54) is 4.90 Å². The first-order chi connectivity index (χ1) is 13.8. The van der Waals surface area contributed by atoms with Gasteiger partial charge in [-0.25, -0.2) is 0 Å². The van der Waals surface area contributed by atoms with Crippen LogP contribution in [0.2, 0.25) is 10.0 Å². The van der Waals surface area contributed by atoms with Gasteiger partial charge in [-0.15, -0.1) is 0 Å². The second kappa shape index (κ2) is 11.4. The Hall–Kier alpha value is -1.76. The predicted octanol–water partition coefficient (Wildman–Crippen LogP) is 5.08. The van der Waals surface area contributed by atoms with E-state index in [4.69, 9.17) is 27.9 Å². The van der Waals surface area contributed by atoms with Crippen LogP contribution in [0.3, 0.4) is 0 Å². The lowest BCUT2D eigenvalue weighted by molar-refractivity contribution is -0.142. The monoisotopic (exact) mass is 500 g/mol. The van der Waals surface area contributed by atoms with Crippen molar-refractivity contribution in [2.45, 2.75) is 32.9 Å². The summed E-state index contributed by atoms with van der Waals surface area (Å²) in [6.07, 6.45) is 0.817. The molecule has 0 aliphatic heterocycles. The highest BCUT2D eigenvalue weighted by Crippen LogP contribution is 2.27. The molecule has 0 aromatic heterocycles. The first-order valence-corrected chi connectivity index (χ1v) is 10.8. The molecule has 0 saturated carbocycles. The van der Waals surface area contributed by atoms with Gasteiger partial charge in [-0.05, 0) is 49.2 Å². The predicted molar refractivity (Wildman–Crippen MR) is 119 cm³/mol. The van der Waals surface area contributed by atoms with Crippen LogP contribution in [-0.2, 0) is 16.1 Å². The molecule has 29 heavy (non-hydrogen) atoms. The maximum atomic E-state index is 12.9. The van der Waals surface area contributed by atoms with E-state index in [1.54, 1.807) is 25.1 Å². The Labute approximate surface area is 189 Å². The van der Waals surface area contributed by atoms with Crippen LogP contribution in [0.5, 0.6) is 5.75 Å². The summed E-state index contributed by atoms with van der Waals surface area (Å²) in [5.41, 5.74) is 0.904. The Balaban J connectivity index is 2.14. The molecule has 0 aliphatic carbocycles. The molecule has 0 bridgehead atoms. The minimum atomic E-state index is -0.651. The van der Waals surface area contributed by atoms with Crippen LogP contribution >= 0.6 is 39.1 Å². The van der Waals surface area contributed by atoms with Crippen LogP contribution in [0.1, 0.15) is 25.8 Å². The van der Waals surface area contributed by atoms with E-state index in [-0.39, 0.29) is 25.0 Å². The number of nitrogens with one attached hydrogen (secondary N) is 1. The van der Waals surface area contributed by atoms with Crippen molar-refractivity contribution in [1.82, 2.24) is 10.2 Å². The smallest absolute Gasteiger partial charge is 0.261 e. The maximum absolute atomic E-state index is 12.9. The number of hydrogen-bond donors (Lipinski definition) is 1. The standard InChI is InChI=1S/C21H23BrCl2N2O3/c1-3-10-25-21(28)14(2)26(12-15-4-6-16(22)7-5-15)20(27)13-29-19-9-8-17(23)11-18(19)24/h4-9,11,14H,3,10,12-13H2,1-2H3,(H,25,28)/t14-/m0/s1. The topological polar surface area (TPSA) is 58.6 Å². The second-order valence-corrected chi connectivity index (χ2v) is 8.24. The summed E-state index contributed by atoms with van der Waals surface area (Å²) in [5.74, 6) is -0.170. The highest BCUT2D eigenvalue weighted by atomic mass is 79.9. The van der Waals surface area contributed by atoms with Gasteiger partial charge in [0, 0.05) is 22.6 Å². The fourth-order valence-electron chi connectivity index (χ4n) is 2.58. The molecule has 2 rings (SSSR count). The van der Waals surface area contributed by atoms with Gasteiger partial charge < -0.3 is 15.0 Å². The zero-order valence-electron chi connectivity index (χ0n) is 16.3. The Morgan fingerprint density at radius 1 is 1.17 bits per heavy atom. The van der Waals surface area contributed by atoms with Crippen LogP contribution in [0.4, 0.5) is 0 Å². The third-order valence-corrected chi connectivity index (χ3v) is 5.29. The van der Waals surface area contributed by atoms with Gasteiger partial charge in [0.25, 0.3) is 5.91 Å². The summed E-state index contributed by atoms with van der Waals surface area (Å²) in [6.45, 7) is 4.27. The number of carbonyl (C=O) groups excluding carboxylic acids is 2. The maximum Gasteiger partial charge on any atom is 0.261 e.